The number of rotatable bonds is 1. The van der Waals surface area contributed by atoms with Crippen molar-refractivity contribution in [1.29, 1.82) is 0 Å². The summed E-state index contributed by atoms with van der Waals surface area (Å²) >= 11 is 1.26. The SMILES string of the molecule is O=C(NC1=NCCS1)C(=O)Nc1ccc(F)c(F)c1F. The molecule has 0 spiro atoms. The number of aliphatic imine (C=N–C) groups is 1. The van der Waals surface area contributed by atoms with Crippen molar-refractivity contribution in [3.05, 3.63) is 29.6 Å². The minimum atomic E-state index is -1.72. The molecule has 0 aliphatic carbocycles. The van der Waals surface area contributed by atoms with E-state index in [1.807, 2.05) is 5.32 Å². The van der Waals surface area contributed by atoms with Crippen LogP contribution in [0, 0.1) is 17.5 Å². The molecule has 1 aromatic rings. The van der Waals surface area contributed by atoms with E-state index < -0.39 is 35.0 Å². The molecule has 9 heteroatoms. The van der Waals surface area contributed by atoms with E-state index in [2.05, 4.69) is 10.3 Å². The molecule has 2 rings (SSSR count). The van der Waals surface area contributed by atoms with E-state index in [1.54, 1.807) is 0 Å². The Kier molecular flexibility index (Phi) is 4.28. The zero-order valence-electron chi connectivity index (χ0n) is 9.87. The molecule has 1 aromatic carbocycles. The molecule has 0 fully saturated rings. The molecule has 0 unspecified atom stereocenters. The quantitative estimate of drug-likeness (QED) is 0.606. The topological polar surface area (TPSA) is 70.6 Å². The van der Waals surface area contributed by atoms with Crippen LogP contribution >= 0.6 is 11.8 Å². The molecule has 0 radical (unpaired) electrons. The first-order valence-electron chi connectivity index (χ1n) is 5.42. The van der Waals surface area contributed by atoms with Crippen LogP contribution < -0.4 is 10.6 Å². The van der Waals surface area contributed by atoms with Crippen molar-refractivity contribution < 1.29 is 22.8 Å². The third-order valence-corrected chi connectivity index (χ3v) is 3.19. The fraction of sp³-hybridized carbons (Fsp3) is 0.182. The first-order valence-corrected chi connectivity index (χ1v) is 6.40. The van der Waals surface area contributed by atoms with Gasteiger partial charge in [-0.05, 0) is 12.1 Å². The highest BCUT2D eigenvalue weighted by molar-refractivity contribution is 8.14. The number of amides is 2. The summed E-state index contributed by atoms with van der Waals surface area (Å²) in [5.41, 5.74) is -0.620. The first kappa shape index (κ1) is 14.4. The monoisotopic (exact) mass is 303 g/mol. The van der Waals surface area contributed by atoms with Gasteiger partial charge in [0.25, 0.3) is 0 Å². The first-order chi connectivity index (χ1) is 9.49. The predicted octanol–water partition coefficient (Wildman–Crippen LogP) is 1.26. The molecule has 106 valence electrons. The van der Waals surface area contributed by atoms with Crippen LogP contribution in [0.4, 0.5) is 18.9 Å². The number of nitrogens with zero attached hydrogens (tertiary/aromatic N) is 1. The smallest absolute Gasteiger partial charge is 0.315 e. The van der Waals surface area contributed by atoms with Crippen molar-refractivity contribution >= 4 is 34.4 Å². The zero-order valence-corrected chi connectivity index (χ0v) is 10.7. The van der Waals surface area contributed by atoms with Crippen LogP contribution in [0.15, 0.2) is 17.1 Å². The fourth-order valence-corrected chi connectivity index (χ4v) is 2.09. The third-order valence-electron chi connectivity index (χ3n) is 2.30. The van der Waals surface area contributed by atoms with Crippen LogP contribution in [-0.2, 0) is 9.59 Å². The maximum atomic E-state index is 13.3. The summed E-state index contributed by atoms with van der Waals surface area (Å²) in [5, 5.41) is 4.36. The van der Waals surface area contributed by atoms with Crippen molar-refractivity contribution in [3.8, 4) is 0 Å². The number of thioether (sulfide) groups is 1. The molecule has 0 aromatic heterocycles. The Balaban J connectivity index is 2.04. The zero-order chi connectivity index (χ0) is 14.7. The number of nitrogens with one attached hydrogen (secondary N) is 2. The number of anilines is 1. The second kappa shape index (κ2) is 5.95. The molecule has 1 heterocycles. The molecule has 20 heavy (non-hydrogen) atoms. The summed E-state index contributed by atoms with van der Waals surface area (Å²) in [7, 11) is 0. The number of benzene rings is 1. The Bertz CT molecular complexity index is 607. The van der Waals surface area contributed by atoms with E-state index in [0.29, 0.717) is 18.4 Å². The number of amidine groups is 1. The summed E-state index contributed by atoms with van der Waals surface area (Å²) in [5.74, 6) is -6.26. The van der Waals surface area contributed by atoms with Crippen LogP contribution in [0.5, 0.6) is 0 Å². The van der Waals surface area contributed by atoms with Crippen molar-refractivity contribution in [2.24, 2.45) is 4.99 Å². The molecule has 2 N–H and O–H groups in total. The van der Waals surface area contributed by atoms with Gasteiger partial charge in [0, 0.05) is 5.75 Å². The molecule has 0 bridgehead atoms. The molecule has 1 aliphatic rings. The molecule has 0 atom stereocenters. The van der Waals surface area contributed by atoms with Crippen molar-refractivity contribution in [3.63, 3.8) is 0 Å². The molecular weight excluding hydrogens is 295 g/mol. The second-order valence-corrected chi connectivity index (χ2v) is 4.75. The largest absolute Gasteiger partial charge is 0.315 e. The molecule has 0 saturated carbocycles. The Hall–Kier alpha value is -2.03. The molecule has 5 nitrogen and oxygen atoms in total. The van der Waals surface area contributed by atoms with E-state index in [9.17, 15) is 22.8 Å². The van der Waals surface area contributed by atoms with Gasteiger partial charge in [-0.3, -0.25) is 19.9 Å². The van der Waals surface area contributed by atoms with E-state index in [0.717, 1.165) is 6.07 Å². The van der Waals surface area contributed by atoms with Crippen molar-refractivity contribution in [1.82, 2.24) is 5.32 Å². The number of hydrogen-bond acceptors (Lipinski definition) is 4. The van der Waals surface area contributed by atoms with Gasteiger partial charge in [0.2, 0.25) is 0 Å². The van der Waals surface area contributed by atoms with Gasteiger partial charge in [0.1, 0.15) is 0 Å². The normalized spacial score (nSPS) is 13.8. The van der Waals surface area contributed by atoms with Crippen LogP contribution in [-0.4, -0.2) is 29.3 Å². The number of halogens is 3. The van der Waals surface area contributed by atoms with Gasteiger partial charge in [-0.2, -0.15) is 0 Å². The molecule has 1 aliphatic heterocycles. The van der Waals surface area contributed by atoms with Gasteiger partial charge < -0.3 is 5.32 Å². The van der Waals surface area contributed by atoms with Gasteiger partial charge in [0.15, 0.2) is 22.6 Å². The second-order valence-electron chi connectivity index (χ2n) is 3.67. The van der Waals surface area contributed by atoms with E-state index in [-0.39, 0.29) is 5.17 Å². The number of carbonyl (C=O) groups excluding carboxylic acids is 2. The third kappa shape index (κ3) is 3.10. The predicted molar refractivity (Wildman–Crippen MR) is 67.8 cm³/mol. The Labute approximate surface area is 115 Å². The fourth-order valence-electron chi connectivity index (χ4n) is 1.37. The summed E-state index contributed by atoms with van der Waals surface area (Å²) in [6.07, 6.45) is 0. The summed E-state index contributed by atoms with van der Waals surface area (Å²) < 4.78 is 38.9. The van der Waals surface area contributed by atoms with Gasteiger partial charge in [-0.15, -0.1) is 0 Å². The van der Waals surface area contributed by atoms with Crippen LogP contribution in [0.3, 0.4) is 0 Å². The van der Waals surface area contributed by atoms with Gasteiger partial charge in [0.05, 0.1) is 12.2 Å². The molecule has 2 amide bonds. The minimum Gasteiger partial charge on any atom is -0.315 e. The Morgan fingerprint density at radius 2 is 1.80 bits per heavy atom. The number of carbonyl (C=O) groups is 2. The lowest BCUT2D eigenvalue weighted by atomic mass is 10.2. The van der Waals surface area contributed by atoms with Crippen LogP contribution in [0.25, 0.3) is 0 Å². The highest BCUT2D eigenvalue weighted by Gasteiger charge is 2.21. The Morgan fingerprint density at radius 3 is 2.45 bits per heavy atom. The standard InChI is InChI=1S/C11H8F3N3O2S/c12-5-1-2-6(8(14)7(5)13)16-9(18)10(19)17-11-15-3-4-20-11/h1-2H,3-4H2,(H,16,18)(H,15,17,19). The van der Waals surface area contributed by atoms with Crippen LogP contribution in [0.2, 0.25) is 0 Å². The molecule has 0 saturated heterocycles. The van der Waals surface area contributed by atoms with Gasteiger partial charge in [-0.1, -0.05) is 11.8 Å². The minimum absolute atomic E-state index is 0.288. The van der Waals surface area contributed by atoms with E-state index in [1.165, 1.54) is 11.8 Å². The highest BCUT2D eigenvalue weighted by atomic mass is 32.2. The highest BCUT2D eigenvalue weighted by Crippen LogP contribution is 2.19. The average Bonchev–Trinajstić information content (AvgIpc) is 2.92. The molecular formula is C11H8F3N3O2S. The Morgan fingerprint density at radius 1 is 1.10 bits per heavy atom. The van der Waals surface area contributed by atoms with Gasteiger partial charge in [-0.25, -0.2) is 13.2 Å². The maximum absolute atomic E-state index is 13.3. The maximum Gasteiger partial charge on any atom is 0.315 e. The van der Waals surface area contributed by atoms with Crippen molar-refractivity contribution in [2.45, 2.75) is 0 Å². The van der Waals surface area contributed by atoms with E-state index >= 15 is 0 Å². The lowest BCUT2D eigenvalue weighted by Crippen LogP contribution is -2.37. The summed E-state index contributed by atoms with van der Waals surface area (Å²) in [6, 6.07) is 1.46. The summed E-state index contributed by atoms with van der Waals surface area (Å²) in [6.45, 7) is 0.527. The summed E-state index contributed by atoms with van der Waals surface area (Å²) in [4.78, 5) is 26.8. The lowest BCUT2D eigenvalue weighted by Gasteiger charge is -2.07. The van der Waals surface area contributed by atoms with E-state index in [4.69, 9.17) is 0 Å². The van der Waals surface area contributed by atoms with Crippen LogP contribution in [0.1, 0.15) is 0 Å². The van der Waals surface area contributed by atoms with Gasteiger partial charge >= 0.3 is 11.8 Å². The lowest BCUT2D eigenvalue weighted by molar-refractivity contribution is -0.135. The average molecular weight is 303 g/mol. The van der Waals surface area contributed by atoms with Crippen molar-refractivity contribution in [2.75, 3.05) is 17.6 Å². The number of hydrogen-bond donors (Lipinski definition) is 2.